The van der Waals surface area contributed by atoms with Gasteiger partial charge in [-0.1, -0.05) is 30.3 Å². The second-order valence-corrected chi connectivity index (χ2v) is 5.62. The highest BCUT2D eigenvalue weighted by molar-refractivity contribution is 6.33. The Bertz CT molecular complexity index is 902. The number of nitrogens with zero attached hydrogens (tertiary/aromatic N) is 2. The van der Waals surface area contributed by atoms with E-state index in [1.54, 1.807) is 24.3 Å². The van der Waals surface area contributed by atoms with Crippen LogP contribution >= 0.6 is 11.6 Å². The highest BCUT2D eigenvalue weighted by atomic mass is 35.5. The summed E-state index contributed by atoms with van der Waals surface area (Å²) in [5.74, 6) is 0.868. The number of ether oxygens (including phenoxy) is 1. The van der Waals surface area contributed by atoms with Crippen LogP contribution in [-0.4, -0.2) is 17.2 Å². The molecule has 2 heterocycles. The molecule has 0 radical (unpaired) electrons. The van der Waals surface area contributed by atoms with Gasteiger partial charge in [0.15, 0.2) is 6.73 Å². The van der Waals surface area contributed by atoms with Gasteiger partial charge in [0.1, 0.15) is 5.82 Å². The highest BCUT2D eigenvalue weighted by Gasteiger charge is 2.17. The predicted octanol–water partition coefficient (Wildman–Crippen LogP) is 2.65. The molecule has 3 N–H and O–H groups in total. The molecule has 0 saturated carbocycles. The number of nitrogens with one attached hydrogen (secondary N) is 1. The highest BCUT2D eigenvalue weighted by Crippen LogP contribution is 2.29. The summed E-state index contributed by atoms with van der Waals surface area (Å²) < 4.78 is 6.84. The van der Waals surface area contributed by atoms with Crippen LogP contribution in [0.2, 0.25) is 5.02 Å². The number of anilines is 1. The van der Waals surface area contributed by atoms with E-state index in [2.05, 4.69) is 17.1 Å². The van der Waals surface area contributed by atoms with Crippen molar-refractivity contribution in [2.75, 3.05) is 12.5 Å². The van der Waals surface area contributed by atoms with Crippen LogP contribution in [0.3, 0.4) is 0 Å². The van der Waals surface area contributed by atoms with Gasteiger partial charge in [-0.05, 0) is 25.1 Å². The fraction of sp³-hybridized carbons (Fsp3) is 0.176. The Balaban J connectivity index is 2.15. The monoisotopic (exact) mass is 344 g/mol. The molecule has 0 unspecified atom stereocenters. The fourth-order valence-electron chi connectivity index (χ4n) is 2.62. The van der Waals surface area contributed by atoms with Crippen LogP contribution in [0.15, 0.2) is 40.7 Å². The minimum atomic E-state index is -0.189. The first-order valence-electron chi connectivity index (χ1n) is 7.46. The van der Waals surface area contributed by atoms with Crippen molar-refractivity contribution < 1.29 is 4.74 Å². The van der Waals surface area contributed by atoms with E-state index < -0.39 is 0 Å². The third kappa shape index (κ3) is 2.65. The van der Waals surface area contributed by atoms with Crippen molar-refractivity contribution in [3.8, 4) is 11.1 Å². The van der Waals surface area contributed by atoms with Crippen LogP contribution < -0.4 is 16.7 Å². The standard InChI is InChI=1S/C17H17ClN4O2/c1-3-10-7-13(17(23)22(4-2)15(10)19)12-6-5-11(8-14(12)18)16-21-20-9-24-16/h3,5-8,20H,1,4,9,19H2,2H3. The molecule has 1 aliphatic rings. The van der Waals surface area contributed by atoms with E-state index in [1.165, 1.54) is 4.57 Å². The van der Waals surface area contributed by atoms with Gasteiger partial charge in [0.25, 0.3) is 5.56 Å². The lowest BCUT2D eigenvalue weighted by molar-refractivity contribution is 0.316. The molecule has 0 fully saturated rings. The number of aromatic nitrogens is 1. The summed E-state index contributed by atoms with van der Waals surface area (Å²) in [5.41, 5.74) is 11.1. The van der Waals surface area contributed by atoms with Gasteiger partial charge in [-0.15, -0.1) is 5.10 Å². The summed E-state index contributed by atoms with van der Waals surface area (Å²) in [6, 6.07) is 7.03. The second kappa shape index (κ2) is 6.41. The molecule has 0 atom stereocenters. The Kier molecular flexibility index (Phi) is 4.31. The SMILES string of the molecule is C=Cc1cc(-c2ccc(C3=NNCO3)cc2Cl)c(=O)n(CC)c1N. The molecule has 0 saturated heterocycles. The van der Waals surface area contributed by atoms with Gasteiger partial charge in [0.05, 0.1) is 0 Å². The molecule has 124 valence electrons. The number of pyridine rings is 1. The largest absolute Gasteiger partial charge is 0.454 e. The first-order chi connectivity index (χ1) is 11.6. The first kappa shape index (κ1) is 16.1. The molecule has 3 rings (SSSR count). The number of hydrogen-bond donors (Lipinski definition) is 2. The van der Waals surface area contributed by atoms with Crippen molar-refractivity contribution in [1.29, 1.82) is 0 Å². The van der Waals surface area contributed by atoms with Crippen LogP contribution in [0.25, 0.3) is 17.2 Å². The Morgan fingerprint density at radius 3 is 2.83 bits per heavy atom. The molecular weight excluding hydrogens is 328 g/mol. The Labute approximate surface area is 144 Å². The number of nitrogens with two attached hydrogens (primary N) is 1. The van der Waals surface area contributed by atoms with Crippen LogP contribution in [0.1, 0.15) is 18.1 Å². The lowest BCUT2D eigenvalue weighted by atomic mass is 10.0. The number of hydrogen-bond acceptors (Lipinski definition) is 5. The second-order valence-electron chi connectivity index (χ2n) is 5.21. The summed E-state index contributed by atoms with van der Waals surface area (Å²) >= 11 is 6.41. The van der Waals surface area contributed by atoms with Crippen molar-refractivity contribution >= 4 is 29.4 Å². The minimum Gasteiger partial charge on any atom is -0.454 e. The third-order valence-electron chi connectivity index (χ3n) is 3.86. The van der Waals surface area contributed by atoms with Gasteiger partial charge in [0.2, 0.25) is 5.90 Å². The van der Waals surface area contributed by atoms with E-state index in [0.29, 0.717) is 46.7 Å². The van der Waals surface area contributed by atoms with Gasteiger partial charge >= 0.3 is 0 Å². The summed E-state index contributed by atoms with van der Waals surface area (Å²) in [4.78, 5) is 12.7. The smallest absolute Gasteiger partial charge is 0.260 e. The van der Waals surface area contributed by atoms with Crippen LogP contribution in [0, 0.1) is 0 Å². The fourth-order valence-corrected chi connectivity index (χ4v) is 2.91. The number of halogens is 1. The lowest BCUT2D eigenvalue weighted by Crippen LogP contribution is -2.24. The molecule has 1 aromatic heterocycles. The normalized spacial score (nSPS) is 13.2. The zero-order chi connectivity index (χ0) is 17.3. The maximum absolute atomic E-state index is 12.7. The van der Waals surface area contributed by atoms with E-state index in [9.17, 15) is 4.79 Å². The van der Waals surface area contributed by atoms with Crippen molar-refractivity contribution in [3.05, 3.63) is 57.3 Å². The van der Waals surface area contributed by atoms with Crippen molar-refractivity contribution in [2.24, 2.45) is 5.10 Å². The molecule has 24 heavy (non-hydrogen) atoms. The number of benzene rings is 1. The first-order valence-corrected chi connectivity index (χ1v) is 7.84. The predicted molar refractivity (Wildman–Crippen MR) is 97.0 cm³/mol. The molecule has 0 amide bonds. The van der Waals surface area contributed by atoms with Crippen molar-refractivity contribution in [1.82, 2.24) is 9.99 Å². The zero-order valence-corrected chi connectivity index (χ0v) is 13.9. The van der Waals surface area contributed by atoms with Crippen LogP contribution in [0.5, 0.6) is 0 Å². The summed E-state index contributed by atoms with van der Waals surface area (Å²) in [6.45, 7) is 6.41. The van der Waals surface area contributed by atoms with Gasteiger partial charge in [0, 0.05) is 33.8 Å². The average molecular weight is 345 g/mol. The molecule has 0 bridgehead atoms. The average Bonchev–Trinajstić information content (AvgIpc) is 3.11. The van der Waals surface area contributed by atoms with E-state index in [0.717, 1.165) is 5.56 Å². The maximum atomic E-state index is 12.7. The molecule has 0 spiro atoms. The summed E-state index contributed by atoms with van der Waals surface area (Å²) in [7, 11) is 0. The number of rotatable bonds is 4. The van der Waals surface area contributed by atoms with Crippen molar-refractivity contribution in [3.63, 3.8) is 0 Å². The van der Waals surface area contributed by atoms with Crippen LogP contribution in [0.4, 0.5) is 5.82 Å². The maximum Gasteiger partial charge on any atom is 0.260 e. The van der Waals surface area contributed by atoms with E-state index >= 15 is 0 Å². The third-order valence-corrected chi connectivity index (χ3v) is 4.17. The zero-order valence-electron chi connectivity index (χ0n) is 13.2. The van der Waals surface area contributed by atoms with E-state index in [-0.39, 0.29) is 5.56 Å². The quantitative estimate of drug-likeness (QED) is 0.893. The van der Waals surface area contributed by atoms with Gasteiger partial charge < -0.3 is 10.5 Å². The molecule has 1 aromatic carbocycles. The molecule has 1 aliphatic heterocycles. The van der Waals surface area contributed by atoms with Gasteiger partial charge in [-0.25, -0.2) is 0 Å². The number of hydrazone groups is 1. The molecule has 0 aliphatic carbocycles. The Hall–Kier alpha value is -2.73. The molecule has 7 heteroatoms. The minimum absolute atomic E-state index is 0.189. The van der Waals surface area contributed by atoms with E-state index in [4.69, 9.17) is 22.1 Å². The van der Waals surface area contributed by atoms with Gasteiger partial charge in [-0.3, -0.25) is 14.8 Å². The molecule has 2 aromatic rings. The van der Waals surface area contributed by atoms with Crippen LogP contribution in [-0.2, 0) is 11.3 Å². The summed E-state index contributed by atoms with van der Waals surface area (Å²) in [6.07, 6.45) is 1.62. The van der Waals surface area contributed by atoms with Crippen molar-refractivity contribution in [2.45, 2.75) is 13.5 Å². The Morgan fingerprint density at radius 2 is 2.25 bits per heavy atom. The topological polar surface area (TPSA) is 81.6 Å². The van der Waals surface area contributed by atoms with E-state index in [1.807, 2.05) is 13.0 Å². The molecule has 6 nitrogen and oxygen atoms in total. The summed E-state index contributed by atoms with van der Waals surface area (Å²) in [5, 5.41) is 4.46. The lowest BCUT2D eigenvalue weighted by Gasteiger charge is -2.14. The van der Waals surface area contributed by atoms with Gasteiger partial charge in [-0.2, -0.15) is 0 Å². The Morgan fingerprint density at radius 1 is 1.46 bits per heavy atom. The number of nitrogen functional groups attached to an aromatic ring is 1. The molecular formula is C17H17ClN4O2.